The molecule has 0 bridgehead atoms. The third kappa shape index (κ3) is 4.66. The van der Waals surface area contributed by atoms with Gasteiger partial charge in [-0.15, -0.1) is 0 Å². The fourth-order valence-corrected chi connectivity index (χ4v) is 6.95. The zero-order chi connectivity index (χ0) is 28.0. The Labute approximate surface area is 257 Å². The highest BCUT2D eigenvalue weighted by molar-refractivity contribution is 9.11. The van der Waals surface area contributed by atoms with Crippen molar-refractivity contribution < 1.29 is 14.4 Å². The van der Waals surface area contributed by atoms with Crippen molar-refractivity contribution in [1.29, 1.82) is 0 Å². The van der Waals surface area contributed by atoms with Crippen LogP contribution in [0.15, 0.2) is 110 Å². The topological polar surface area (TPSA) is 57.7 Å². The number of halogens is 3. The largest absolute Gasteiger partial charge is 0.307 e. The van der Waals surface area contributed by atoms with Gasteiger partial charge in [0.1, 0.15) is 0 Å². The van der Waals surface area contributed by atoms with Gasteiger partial charge in [0.25, 0.3) is 0 Å². The van der Waals surface area contributed by atoms with Crippen LogP contribution in [0.3, 0.4) is 0 Å². The van der Waals surface area contributed by atoms with Crippen molar-refractivity contribution in [2.24, 2.45) is 5.92 Å². The molecule has 2 aliphatic heterocycles. The number of carbonyl (C=O) groups excluding carboxylic acids is 3. The van der Waals surface area contributed by atoms with Crippen LogP contribution in [0.5, 0.6) is 0 Å². The summed E-state index contributed by atoms with van der Waals surface area (Å²) in [6.45, 7) is 0.357. The average Bonchev–Trinajstić information content (AvgIpc) is 3.36. The molecule has 4 aromatic rings. The Morgan fingerprint density at radius 1 is 0.725 bits per heavy atom. The van der Waals surface area contributed by atoms with Crippen LogP contribution in [0.25, 0.3) is 0 Å². The van der Waals surface area contributed by atoms with Gasteiger partial charge in [-0.1, -0.05) is 102 Å². The van der Waals surface area contributed by atoms with E-state index in [0.717, 1.165) is 35.8 Å². The number of carbonyl (C=O) groups is 3. The van der Waals surface area contributed by atoms with Gasteiger partial charge in [-0.3, -0.25) is 19.3 Å². The third-order valence-electron chi connectivity index (χ3n) is 7.75. The van der Waals surface area contributed by atoms with Crippen LogP contribution in [-0.4, -0.2) is 17.7 Å². The van der Waals surface area contributed by atoms with Crippen LogP contribution in [-0.2, 0) is 32.8 Å². The van der Waals surface area contributed by atoms with Gasteiger partial charge in [-0.25, -0.2) is 0 Å². The highest BCUT2D eigenvalue weighted by Gasteiger charge is 2.61. The molecule has 0 N–H and O–H groups in total. The molecule has 0 aliphatic carbocycles. The fourth-order valence-electron chi connectivity index (χ4n) is 5.95. The maximum absolute atomic E-state index is 14.8. The molecule has 1 saturated heterocycles. The number of fused-ring (bicyclic) bond motifs is 1. The van der Waals surface area contributed by atoms with E-state index >= 15 is 0 Å². The van der Waals surface area contributed by atoms with Gasteiger partial charge in [0, 0.05) is 25.5 Å². The second-order valence-electron chi connectivity index (χ2n) is 10.1. The first-order valence-electron chi connectivity index (χ1n) is 12.8. The molecule has 40 heavy (non-hydrogen) atoms. The minimum Gasteiger partial charge on any atom is -0.307 e. The Bertz CT molecular complexity index is 1640. The summed E-state index contributed by atoms with van der Waals surface area (Å²) in [6.07, 6.45) is 0.233. The Kier molecular flexibility index (Phi) is 7.27. The van der Waals surface area contributed by atoms with Crippen LogP contribution in [0.2, 0.25) is 0 Å². The van der Waals surface area contributed by atoms with Crippen LogP contribution in [0, 0.1) is 5.92 Å². The van der Waals surface area contributed by atoms with Crippen molar-refractivity contribution in [3.05, 3.63) is 127 Å². The molecule has 5 nitrogen and oxygen atoms in total. The SMILES string of the molecule is O=C1C[C@H]([C@]2(Cc3ccc(Br)cc3)C(=O)N(Cc3ccccc3)c3cc(Br)ccc32)C(=O)N1c1cccc(Br)c1. The number of nitrogens with zero attached hydrogens (tertiary/aromatic N) is 2. The van der Waals surface area contributed by atoms with Gasteiger partial charge < -0.3 is 4.90 Å². The molecule has 0 unspecified atom stereocenters. The Balaban J connectivity index is 1.52. The molecule has 0 saturated carbocycles. The lowest BCUT2D eigenvalue weighted by Crippen LogP contribution is -2.50. The molecule has 0 radical (unpaired) electrons. The molecule has 0 aromatic heterocycles. The average molecular weight is 723 g/mol. The summed E-state index contributed by atoms with van der Waals surface area (Å²) in [6, 6.07) is 30.5. The maximum Gasteiger partial charge on any atom is 0.239 e. The Hall–Kier alpha value is -3.07. The van der Waals surface area contributed by atoms with Gasteiger partial charge >= 0.3 is 0 Å². The summed E-state index contributed by atoms with van der Waals surface area (Å²) in [4.78, 5) is 45.6. The van der Waals surface area contributed by atoms with Gasteiger partial charge in [0.15, 0.2) is 0 Å². The first kappa shape index (κ1) is 27.1. The number of imide groups is 1. The molecule has 6 rings (SSSR count). The smallest absolute Gasteiger partial charge is 0.239 e. The molecule has 4 aromatic carbocycles. The normalized spacial score (nSPS) is 20.4. The van der Waals surface area contributed by atoms with E-state index in [-0.39, 0.29) is 30.6 Å². The van der Waals surface area contributed by atoms with Crippen LogP contribution < -0.4 is 9.80 Å². The minimum absolute atomic E-state index is 0.0533. The Morgan fingerprint density at radius 3 is 2.15 bits per heavy atom. The molecule has 2 aliphatic rings. The molecule has 8 heteroatoms. The summed E-state index contributed by atoms with van der Waals surface area (Å²) < 4.78 is 2.52. The number of anilines is 2. The summed E-state index contributed by atoms with van der Waals surface area (Å²) in [5.41, 5.74) is 2.64. The van der Waals surface area contributed by atoms with Crippen molar-refractivity contribution in [2.45, 2.75) is 24.8 Å². The van der Waals surface area contributed by atoms with Crippen molar-refractivity contribution >= 4 is 76.9 Å². The summed E-state index contributed by atoms with van der Waals surface area (Å²) >= 11 is 10.5. The van der Waals surface area contributed by atoms with Gasteiger partial charge in [0.05, 0.1) is 23.6 Å². The first-order valence-corrected chi connectivity index (χ1v) is 15.2. The van der Waals surface area contributed by atoms with Gasteiger partial charge in [-0.05, 0) is 65.6 Å². The standard InChI is InChI=1S/C32H23Br3N2O3/c33-22-11-9-20(10-12-22)18-32(27-17-29(38)37(30(27)39)25-8-4-7-23(34)15-25)26-14-13-24(35)16-28(26)36(31(32)40)19-21-5-2-1-3-6-21/h1-16,27H,17-19H2/t27-,32+/m0/s1. The fraction of sp³-hybridized carbons (Fsp3) is 0.156. The molecular formula is C32H23Br3N2O3. The van der Waals surface area contributed by atoms with Crippen LogP contribution >= 0.6 is 47.8 Å². The lowest BCUT2D eigenvalue weighted by molar-refractivity contribution is -0.131. The van der Waals surface area contributed by atoms with Crippen molar-refractivity contribution in [3.63, 3.8) is 0 Å². The number of hydrogen-bond acceptors (Lipinski definition) is 3. The summed E-state index contributed by atoms with van der Waals surface area (Å²) in [5, 5.41) is 0. The highest BCUT2D eigenvalue weighted by atomic mass is 79.9. The predicted octanol–water partition coefficient (Wildman–Crippen LogP) is 7.58. The third-order valence-corrected chi connectivity index (χ3v) is 9.26. The summed E-state index contributed by atoms with van der Waals surface area (Å²) in [7, 11) is 0. The second-order valence-corrected chi connectivity index (χ2v) is 12.9. The zero-order valence-corrected chi connectivity index (χ0v) is 25.9. The molecule has 2 atom stereocenters. The number of hydrogen-bond donors (Lipinski definition) is 0. The quantitative estimate of drug-likeness (QED) is 0.193. The zero-order valence-electron chi connectivity index (χ0n) is 21.2. The highest BCUT2D eigenvalue weighted by Crippen LogP contribution is 2.53. The van der Waals surface area contributed by atoms with E-state index in [1.54, 1.807) is 23.1 Å². The molecule has 1 fully saturated rings. The molecule has 200 valence electrons. The lowest BCUT2D eigenvalue weighted by atomic mass is 9.66. The second kappa shape index (κ2) is 10.7. The minimum atomic E-state index is -1.26. The van der Waals surface area contributed by atoms with E-state index < -0.39 is 11.3 Å². The first-order chi connectivity index (χ1) is 19.3. The van der Waals surface area contributed by atoms with Crippen molar-refractivity contribution in [1.82, 2.24) is 0 Å². The number of rotatable bonds is 6. The number of benzene rings is 4. The lowest BCUT2D eigenvalue weighted by Gasteiger charge is -2.33. The van der Waals surface area contributed by atoms with Gasteiger partial charge in [0.2, 0.25) is 17.7 Å². The van der Waals surface area contributed by atoms with E-state index in [1.165, 1.54) is 4.90 Å². The van der Waals surface area contributed by atoms with Crippen molar-refractivity contribution in [3.8, 4) is 0 Å². The molecular weight excluding hydrogens is 700 g/mol. The van der Waals surface area contributed by atoms with E-state index in [1.807, 2.05) is 78.9 Å². The van der Waals surface area contributed by atoms with E-state index in [0.29, 0.717) is 12.2 Å². The molecule has 3 amide bonds. The monoisotopic (exact) mass is 720 g/mol. The van der Waals surface area contributed by atoms with E-state index in [2.05, 4.69) is 47.8 Å². The predicted molar refractivity (Wildman–Crippen MR) is 166 cm³/mol. The number of amides is 3. The Morgan fingerprint density at radius 2 is 1.43 bits per heavy atom. The molecule has 0 spiro atoms. The van der Waals surface area contributed by atoms with Crippen molar-refractivity contribution in [2.75, 3.05) is 9.80 Å². The molecule has 2 heterocycles. The van der Waals surface area contributed by atoms with Crippen LogP contribution in [0.1, 0.15) is 23.1 Å². The van der Waals surface area contributed by atoms with Gasteiger partial charge in [-0.2, -0.15) is 0 Å². The maximum atomic E-state index is 14.8. The van der Waals surface area contributed by atoms with E-state index in [4.69, 9.17) is 0 Å². The van der Waals surface area contributed by atoms with Crippen LogP contribution in [0.4, 0.5) is 11.4 Å². The van der Waals surface area contributed by atoms with E-state index in [9.17, 15) is 14.4 Å². The summed E-state index contributed by atoms with van der Waals surface area (Å²) in [5.74, 6) is -1.70.